The first-order valence-corrected chi connectivity index (χ1v) is 8.24. The highest BCUT2D eigenvalue weighted by atomic mass is 127. The van der Waals surface area contributed by atoms with Gasteiger partial charge in [-0.1, -0.05) is 48.5 Å². The minimum Gasteiger partial charge on any atom is -0.488 e. The third kappa shape index (κ3) is 2.67. The van der Waals surface area contributed by atoms with Gasteiger partial charge in [0.2, 0.25) is 0 Å². The summed E-state index contributed by atoms with van der Waals surface area (Å²) in [6.07, 6.45) is 0. The summed E-state index contributed by atoms with van der Waals surface area (Å²) in [6, 6.07) is 19.0. The lowest BCUT2D eigenvalue weighted by Gasteiger charge is -2.18. The van der Waals surface area contributed by atoms with Crippen LogP contribution in [0.15, 0.2) is 61.8 Å². The smallest absolute Gasteiger partial charge is 0.124 e. The monoisotopic (exact) mass is 474 g/mol. The van der Waals surface area contributed by atoms with Crippen molar-refractivity contribution in [3.63, 3.8) is 0 Å². The van der Waals surface area contributed by atoms with Crippen molar-refractivity contribution in [3.8, 4) is 5.75 Å². The molecule has 0 N–H and O–H groups in total. The standard InChI is InChI=1S/C16H12I2O/c17-13-10-19-14-9-5-4-8-12(14)15(16(13)18)11-6-2-1-3-7-11/h1-9,15H,10H2/t15-/m0/s1. The van der Waals surface area contributed by atoms with E-state index in [4.69, 9.17) is 4.74 Å². The molecule has 0 saturated heterocycles. The lowest BCUT2D eigenvalue weighted by atomic mass is 9.90. The first-order valence-electron chi connectivity index (χ1n) is 6.08. The minimum absolute atomic E-state index is 0.285. The quantitative estimate of drug-likeness (QED) is 0.511. The van der Waals surface area contributed by atoms with Gasteiger partial charge in [0.05, 0.1) is 0 Å². The minimum atomic E-state index is 0.285. The van der Waals surface area contributed by atoms with Crippen molar-refractivity contribution in [2.24, 2.45) is 0 Å². The van der Waals surface area contributed by atoms with Crippen LogP contribution >= 0.6 is 45.2 Å². The summed E-state index contributed by atoms with van der Waals surface area (Å²) in [5.41, 5.74) is 2.57. The van der Waals surface area contributed by atoms with Crippen molar-refractivity contribution in [1.82, 2.24) is 0 Å². The summed E-state index contributed by atoms with van der Waals surface area (Å²) < 4.78 is 8.55. The Labute approximate surface area is 140 Å². The van der Waals surface area contributed by atoms with Gasteiger partial charge in [0.25, 0.3) is 0 Å². The van der Waals surface area contributed by atoms with E-state index < -0.39 is 0 Å². The normalized spacial score (nSPS) is 18.5. The van der Waals surface area contributed by atoms with Gasteiger partial charge in [-0.2, -0.15) is 0 Å². The number of hydrogen-bond acceptors (Lipinski definition) is 1. The first-order chi connectivity index (χ1) is 9.27. The molecule has 0 bridgehead atoms. The molecular formula is C16H12I2O. The van der Waals surface area contributed by atoms with Crippen LogP contribution in [0.5, 0.6) is 5.75 Å². The van der Waals surface area contributed by atoms with Crippen molar-refractivity contribution < 1.29 is 4.74 Å². The van der Waals surface area contributed by atoms with Crippen LogP contribution in [0.25, 0.3) is 0 Å². The third-order valence-corrected chi connectivity index (χ3v) is 6.43. The Bertz CT molecular complexity index is 620. The number of allylic oxidation sites excluding steroid dienone is 1. The fourth-order valence-electron chi connectivity index (χ4n) is 2.33. The van der Waals surface area contributed by atoms with Gasteiger partial charge in [-0.15, -0.1) is 0 Å². The molecule has 0 fully saturated rings. The van der Waals surface area contributed by atoms with Crippen molar-refractivity contribution >= 4 is 45.2 Å². The SMILES string of the molecule is IC1=C(I)[C@@H](c2ccccc2)c2ccccc2OC1. The summed E-state index contributed by atoms with van der Waals surface area (Å²) >= 11 is 4.86. The second-order valence-corrected chi connectivity index (χ2v) is 6.89. The Morgan fingerprint density at radius 2 is 1.58 bits per heavy atom. The van der Waals surface area contributed by atoms with Crippen LogP contribution in [-0.4, -0.2) is 6.61 Å². The molecule has 0 unspecified atom stereocenters. The highest BCUT2D eigenvalue weighted by Crippen LogP contribution is 2.44. The molecule has 1 atom stereocenters. The van der Waals surface area contributed by atoms with E-state index in [2.05, 4.69) is 93.7 Å². The van der Waals surface area contributed by atoms with Gasteiger partial charge in [0.1, 0.15) is 12.4 Å². The molecule has 1 aliphatic heterocycles. The van der Waals surface area contributed by atoms with Gasteiger partial charge in [-0.3, -0.25) is 0 Å². The summed E-state index contributed by atoms with van der Waals surface area (Å²) in [7, 11) is 0. The number of halogens is 2. The number of hydrogen-bond donors (Lipinski definition) is 0. The summed E-state index contributed by atoms with van der Waals surface area (Å²) in [5.74, 6) is 1.28. The van der Waals surface area contributed by atoms with Crippen molar-refractivity contribution in [1.29, 1.82) is 0 Å². The number of fused-ring (bicyclic) bond motifs is 1. The van der Waals surface area contributed by atoms with E-state index in [0.717, 1.165) is 5.75 Å². The summed E-state index contributed by atoms with van der Waals surface area (Å²) in [6.45, 7) is 0.666. The van der Waals surface area contributed by atoms with Crippen molar-refractivity contribution in [2.45, 2.75) is 5.92 Å². The van der Waals surface area contributed by atoms with Crippen LogP contribution in [0.3, 0.4) is 0 Å². The van der Waals surface area contributed by atoms with E-state index in [1.807, 2.05) is 6.07 Å². The molecule has 1 heterocycles. The zero-order valence-electron chi connectivity index (χ0n) is 10.1. The molecule has 1 nitrogen and oxygen atoms in total. The Morgan fingerprint density at radius 3 is 2.37 bits per heavy atom. The zero-order chi connectivity index (χ0) is 13.2. The Morgan fingerprint density at radius 1 is 0.895 bits per heavy atom. The van der Waals surface area contributed by atoms with Crippen LogP contribution in [0.2, 0.25) is 0 Å². The van der Waals surface area contributed by atoms with Crippen LogP contribution in [-0.2, 0) is 0 Å². The Hall–Kier alpha value is -0.560. The fraction of sp³-hybridized carbons (Fsp3) is 0.125. The van der Waals surface area contributed by atoms with Crippen LogP contribution in [0, 0.1) is 0 Å². The van der Waals surface area contributed by atoms with Crippen LogP contribution < -0.4 is 4.74 Å². The van der Waals surface area contributed by atoms with Gasteiger partial charge >= 0.3 is 0 Å². The van der Waals surface area contributed by atoms with Crippen LogP contribution in [0.1, 0.15) is 17.0 Å². The molecule has 0 aliphatic carbocycles. The second-order valence-electron chi connectivity index (χ2n) is 4.42. The maximum absolute atomic E-state index is 5.91. The molecule has 0 spiro atoms. The zero-order valence-corrected chi connectivity index (χ0v) is 14.5. The van der Waals surface area contributed by atoms with Gasteiger partial charge < -0.3 is 4.74 Å². The van der Waals surface area contributed by atoms with Crippen molar-refractivity contribution in [2.75, 3.05) is 6.61 Å². The molecule has 1 aliphatic rings. The Balaban J connectivity index is 2.20. The number of ether oxygens (including phenoxy) is 1. The molecule has 0 saturated carbocycles. The first kappa shape index (κ1) is 13.4. The van der Waals surface area contributed by atoms with Gasteiger partial charge in [0, 0.05) is 18.6 Å². The average Bonchev–Trinajstić information content (AvgIpc) is 2.58. The predicted molar refractivity (Wildman–Crippen MR) is 95.3 cm³/mol. The molecule has 2 aromatic carbocycles. The van der Waals surface area contributed by atoms with E-state index in [-0.39, 0.29) is 5.92 Å². The third-order valence-electron chi connectivity index (χ3n) is 3.23. The van der Waals surface area contributed by atoms with Crippen molar-refractivity contribution in [3.05, 3.63) is 72.9 Å². The van der Waals surface area contributed by atoms with Gasteiger partial charge in [-0.05, 0) is 56.8 Å². The molecule has 19 heavy (non-hydrogen) atoms. The molecule has 0 aromatic heterocycles. The molecule has 3 heteroatoms. The molecule has 2 aromatic rings. The van der Waals surface area contributed by atoms with Gasteiger partial charge in [0.15, 0.2) is 0 Å². The maximum Gasteiger partial charge on any atom is 0.124 e. The van der Waals surface area contributed by atoms with E-state index in [9.17, 15) is 0 Å². The molecule has 96 valence electrons. The molecular weight excluding hydrogens is 462 g/mol. The fourth-order valence-corrected chi connectivity index (χ4v) is 3.64. The van der Waals surface area contributed by atoms with E-state index in [1.165, 1.54) is 18.3 Å². The van der Waals surface area contributed by atoms with Gasteiger partial charge in [-0.25, -0.2) is 0 Å². The van der Waals surface area contributed by atoms with E-state index in [0.29, 0.717) is 6.61 Å². The van der Waals surface area contributed by atoms with E-state index >= 15 is 0 Å². The lowest BCUT2D eigenvalue weighted by Crippen LogP contribution is -2.01. The topological polar surface area (TPSA) is 9.23 Å². The second kappa shape index (κ2) is 5.83. The largest absolute Gasteiger partial charge is 0.488 e. The molecule has 0 amide bonds. The number of rotatable bonds is 1. The maximum atomic E-state index is 5.91. The number of para-hydroxylation sites is 1. The number of benzene rings is 2. The van der Waals surface area contributed by atoms with E-state index in [1.54, 1.807) is 0 Å². The lowest BCUT2D eigenvalue weighted by molar-refractivity contribution is 0.361. The summed E-state index contributed by atoms with van der Waals surface area (Å²) in [5, 5.41) is 0. The van der Waals surface area contributed by atoms with Crippen LogP contribution in [0.4, 0.5) is 0 Å². The molecule has 0 radical (unpaired) electrons. The average molecular weight is 474 g/mol. The highest BCUT2D eigenvalue weighted by molar-refractivity contribution is 14.1. The molecule has 3 rings (SSSR count). The summed E-state index contributed by atoms with van der Waals surface area (Å²) in [4.78, 5) is 0. The Kier molecular flexibility index (Phi) is 4.12. The predicted octanol–water partition coefficient (Wildman–Crippen LogP) is 5.29. The highest BCUT2D eigenvalue weighted by Gasteiger charge is 2.25.